The van der Waals surface area contributed by atoms with Crippen molar-refractivity contribution in [3.8, 4) is 11.5 Å². The number of halogens is 3. The topological polar surface area (TPSA) is 52.0 Å². The minimum Gasteiger partial charge on any atom is -0.493 e. The number of hydrogen-bond donors (Lipinski definition) is 2. The van der Waals surface area contributed by atoms with Crippen molar-refractivity contribution in [2.45, 2.75) is 26.1 Å². The van der Waals surface area contributed by atoms with E-state index in [9.17, 15) is 18.0 Å². The third-order valence-corrected chi connectivity index (χ3v) is 4.17. The molecule has 0 radical (unpaired) electrons. The van der Waals surface area contributed by atoms with E-state index in [0.717, 1.165) is 10.5 Å². The molecule has 2 aromatic rings. The maximum absolute atomic E-state index is 12.9. The number of benzene rings is 2. The third kappa shape index (κ3) is 5.89. The average molecular weight is 383 g/mol. The maximum atomic E-state index is 12.9. The zero-order valence-corrected chi connectivity index (χ0v) is 15.3. The number of methoxy groups -OCH3 is 1. The van der Waals surface area contributed by atoms with Gasteiger partial charge in [0.25, 0.3) is 5.91 Å². The number of rotatable bonds is 8. The van der Waals surface area contributed by atoms with Crippen molar-refractivity contribution in [1.82, 2.24) is 0 Å². The Morgan fingerprint density at radius 2 is 1.81 bits per heavy atom. The van der Waals surface area contributed by atoms with E-state index < -0.39 is 12.7 Å². The lowest BCUT2D eigenvalue weighted by molar-refractivity contribution is -0.907. The summed E-state index contributed by atoms with van der Waals surface area (Å²) < 4.78 is 47.2. The first-order valence-electron chi connectivity index (χ1n) is 8.30. The number of carbonyl (C=O) groups excluding carboxylic acids is 1. The summed E-state index contributed by atoms with van der Waals surface area (Å²) >= 11 is 0. The second-order valence-electron chi connectivity index (χ2n) is 6.10. The number of likely N-dealkylation sites (N-methyl/N-ethyl adjacent to an activating group) is 1. The Kier molecular flexibility index (Phi) is 7.06. The highest BCUT2D eigenvalue weighted by Gasteiger charge is 2.22. The summed E-state index contributed by atoms with van der Waals surface area (Å²) in [5.74, 6) is -0.444. The van der Waals surface area contributed by atoms with Crippen LogP contribution in [0.3, 0.4) is 0 Å². The normalized spacial score (nSPS) is 13.1. The van der Waals surface area contributed by atoms with Gasteiger partial charge in [-0.15, -0.1) is 0 Å². The SMILES string of the molecule is COc1cc(C[NH+](C)[C@H](C)C(=O)Nc2ccc(F)cc2)ccc1OC(F)F. The molecule has 27 heavy (non-hydrogen) atoms. The molecule has 0 aliphatic rings. The van der Waals surface area contributed by atoms with Crippen molar-refractivity contribution >= 4 is 11.6 Å². The lowest BCUT2D eigenvalue weighted by Crippen LogP contribution is -3.12. The summed E-state index contributed by atoms with van der Waals surface area (Å²) in [7, 11) is 3.21. The van der Waals surface area contributed by atoms with E-state index in [0.29, 0.717) is 12.2 Å². The van der Waals surface area contributed by atoms with Gasteiger partial charge in [0.2, 0.25) is 0 Å². The van der Waals surface area contributed by atoms with Crippen molar-refractivity contribution in [1.29, 1.82) is 0 Å². The predicted octanol–water partition coefficient (Wildman–Crippen LogP) is 2.48. The van der Waals surface area contributed by atoms with Crippen LogP contribution in [0.15, 0.2) is 42.5 Å². The minimum absolute atomic E-state index is 0.0454. The van der Waals surface area contributed by atoms with Crippen LogP contribution >= 0.6 is 0 Å². The van der Waals surface area contributed by atoms with Crippen LogP contribution in [0.5, 0.6) is 11.5 Å². The molecule has 8 heteroatoms. The molecule has 2 N–H and O–H groups in total. The van der Waals surface area contributed by atoms with Crippen molar-refractivity contribution in [3.63, 3.8) is 0 Å². The number of hydrogen-bond acceptors (Lipinski definition) is 3. The molecule has 2 aromatic carbocycles. The molecule has 0 aliphatic carbocycles. The van der Waals surface area contributed by atoms with Gasteiger partial charge < -0.3 is 19.7 Å². The van der Waals surface area contributed by atoms with Gasteiger partial charge in [-0.1, -0.05) is 0 Å². The van der Waals surface area contributed by atoms with Gasteiger partial charge in [-0.3, -0.25) is 4.79 Å². The summed E-state index contributed by atoms with van der Waals surface area (Å²) in [5.41, 5.74) is 1.31. The van der Waals surface area contributed by atoms with Crippen LogP contribution in [0.4, 0.5) is 18.9 Å². The number of amides is 1. The van der Waals surface area contributed by atoms with Crippen LogP contribution in [-0.4, -0.2) is 32.7 Å². The van der Waals surface area contributed by atoms with Crippen molar-refractivity contribution < 1.29 is 32.3 Å². The molecule has 0 saturated carbocycles. The van der Waals surface area contributed by atoms with E-state index in [1.165, 1.54) is 37.4 Å². The summed E-state index contributed by atoms with van der Waals surface area (Å²) in [5, 5.41) is 2.73. The van der Waals surface area contributed by atoms with E-state index in [-0.39, 0.29) is 23.2 Å². The molecular formula is C19H22F3N2O3+. The lowest BCUT2D eigenvalue weighted by atomic mass is 10.1. The molecule has 0 spiro atoms. The second kappa shape index (κ2) is 9.27. The quantitative estimate of drug-likeness (QED) is 0.737. The Morgan fingerprint density at radius 3 is 2.41 bits per heavy atom. The van der Waals surface area contributed by atoms with Crippen LogP contribution in [0.25, 0.3) is 0 Å². The maximum Gasteiger partial charge on any atom is 0.387 e. The average Bonchev–Trinajstić information content (AvgIpc) is 2.63. The zero-order chi connectivity index (χ0) is 20.0. The number of carbonyl (C=O) groups is 1. The highest BCUT2D eigenvalue weighted by molar-refractivity contribution is 5.93. The molecule has 0 bridgehead atoms. The molecular weight excluding hydrogens is 361 g/mol. The first-order valence-corrected chi connectivity index (χ1v) is 8.30. The van der Waals surface area contributed by atoms with Gasteiger partial charge >= 0.3 is 6.61 Å². The van der Waals surface area contributed by atoms with Gasteiger partial charge in [0, 0.05) is 11.3 Å². The molecule has 0 saturated heterocycles. The van der Waals surface area contributed by atoms with E-state index in [1.807, 2.05) is 7.05 Å². The highest BCUT2D eigenvalue weighted by Crippen LogP contribution is 2.29. The Hall–Kier alpha value is -2.74. The van der Waals surface area contributed by atoms with Crippen molar-refractivity contribution in [2.24, 2.45) is 0 Å². The molecule has 0 fully saturated rings. The largest absolute Gasteiger partial charge is 0.493 e. The molecule has 1 amide bonds. The van der Waals surface area contributed by atoms with Gasteiger partial charge in [0.15, 0.2) is 17.5 Å². The summed E-state index contributed by atoms with van der Waals surface area (Å²) in [6, 6.07) is 9.78. The van der Waals surface area contributed by atoms with Gasteiger partial charge in [0.05, 0.1) is 14.2 Å². The van der Waals surface area contributed by atoms with Crippen LogP contribution in [-0.2, 0) is 11.3 Å². The second-order valence-corrected chi connectivity index (χ2v) is 6.10. The number of anilines is 1. The van der Waals surface area contributed by atoms with Crippen LogP contribution in [0.1, 0.15) is 12.5 Å². The van der Waals surface area contributed by atoms with E-state index >= 15 is 0 Å². The first kappa shape index (κ1) is 20.6. The number of nitrogens with one attached hydrogen (secondary N) is 2. The van der Waals surface area contributed by atoms with Crippen LogP contribution in [0, 0.1) is 5.82 Å². The minimum atomic E-state index is -2.94. The molecule has 1 unspecified atom stereocenters. The van der Waals surface area contributed by atoms with E-state index in [1.54, 1.807) is 19.1 Å². The third-order valence-electron chi connectivity index (χ3n) is 4.17. The fourth-order valence-corrected chi connectivity index (χ4v) is 2.50. The molecule has 2 rings (SSSR count). The van der Waals surface area contributed by atoms with E-state index in [2.05, 4.69) is 10.1 Å². The van der Waals surface area contributed by atoms with Gasteiger partial charge in [0.1, 0.15) is 12.4 Å². The summed E-state index contributed by atoms with van der Waals surface area (Å²) in [4.78, 5) is 13.2. The van der Waals surface area contributed by atoms with Crippen molar-refractivity contribution in [2.75, 3.05) is 19.5 Å². The van der Waals surface area contributed by atoms with Crippen LogP contribution < -0.4 is 19.7 Å². The Morgan fingerprint density at radius 1 is 1.15 bits per heavy atom. The Balaban J connectivity index is 2.01. The molecule has 0 aromatic heterocycles. The molecule has 5 nitrogen and oxygen atoms in total. The van der Waals surface area contributed by atoms with Gasteiger partial charge in [-0.25, -0.2) is 4.39 Å². The fourth-order valence-electron chi connectivity index (χ4n) is 2.50. The molecule has 146 valence electrons. The lowest BCUT2D eigenvalue weighted by Gasteiger charge is -2.21. The standard InChI is InChI=1S/C19H21F3N2O3/c1-12(18(25)23-15-7-5-14(20)6-8-15)24(2)11-13-4-9-16(27-19(21)22)17(10-13)26-3/h4-10,12,19H,11H2,1-3H3,(H,23,25)/p+1/t12-/m1/s1. The molecule has 2 atom stereocenters. The van der Waals surface area contributed by atoms with Crippen molar-refractivity contribution in [3.05, 3.63) is 53.8 Å². The first-order chi connectivity index (χ1) is 12.8. The van der Waals surface area contributed by atoms with Crippen LogP contribution in [0.2, 0.25) is 0 Å². The molecule has 0 aliphatic heterocycles. The zero-order valence-electron chi connectivity index (χ0n) is 15.3. The van der Waals surface area contributed by atoms with E-state index in [4.69, 9.17) is 4.74 Å². The Bertz CT molecular complexity index is 769. The fraction of sp³-hybridized carbons (Fsp3) is 0.316. The Labute approximate surface area is 155 Å². The smallest absolute Gasteiger partial charge is 0.387 e. The summed E-state index contributed by atoms with van der Waals surface area (Å²) in [6.45, 7) is -0.712. The monoisotopic (exact) mass is 383 g/mol. The predicted molar refractivity (Wildman–Crippen MR) is 94.7 cm³/mol. The number of alkyl halides is 2. The summed E-state index contributed by atoms with van der Waals surface area (Å²) in [6.07, 6.45) is 0. The molecule has 0 heterocycles. The highest BCUT2D eigenvalue weighted by atomic mass is 19.3. The van der Waals surface area contributed by atoms with Gasteiger partial charge in [-0.05, 0) is 49.4 Å². The number of quaternary nitrogens is 1. The number of ether oxygens (including phenoxy) is 2. The van der Waals surface area contributed by atoms with Gasteiger partial charge in [-0.2, -0.15) is 8.78 Å².